The van der Waals surface area contributed by atoms with Gasteiger partial charge in [0.1, 0.15) is 5.60 Å². The molecule has 0 fully saturated rings. The van der Waals surface area contributed by atoms with Gasteiger partial charge in [-0.2, -0.15) is 0 Å². The summed E-state index contributed by atoms with van der Waals surface area (Å²) in [6.07, 6.45) is -0.432. The van der Waals surface area contributed by atoms with E-state index in [1.807, 2.05) is 0 Å². The second-order valence-corrected chi connectivity index (χ2v) is 8.89. The summed E-state index contributed by atoms with van der Waals surface area (Å²) in [7, 11) is -3.57. The highest BCUT2D eigenvalue weighted by Crippen LogP contribution is 2.34. The van der Waals surface area contributed by atoms with Gasteiger partial charge in [0.05, 0.1) is 22.3 Å². The summed E-state index contributed by atoms with van der Waals surface area (Å²) in [5.74, 6) is -1.35. The van der Waals surface area contributed by atoms with E-state index in [0.29, 0.717) is 11.1 Å². The number of carboxylic acids is 1. The highest BCUT2D eigenvalue weighted by Gasteiger charge is 2.33. The quantitative estimate of drug-likeness (QED) is 0.843. The molecule has 0 saturated heterocycles. The highest BCUT2D eigenvalue weighted by molar-refractivity contribution is 7.91. The molecule has 0 saturated carbocycles. The van der Waals surface area contributed by atoms with Gasteiger partial charge in [-0.1, -0.05) is 6.07 Å². The van der Waals surface area contributed by atoms with Gasteiger partial charge in [-0.15, -0.1) is 0 Å². The van der Waals surface area contributed by atoms with Gasteiger partial charge in [0.2, 0.25) is 0 Å². The van der Waals surface area contributed by atoms with E-state index in [2.05, 4.69) is 5.32 Å². The molecule has 132 valence electrons. The van der Waals surface area contributed by atoms with Gasteiger partial charge < -0.3 is 15.2 Å². The SMILES string of the molecule is Cc1cc2c(cc1C(=O)O)S(=O)(=O)CCC2NC(=O)OC(C)(C)C. The molecule has 1 heterocycles. The maximum Gasteiger partial charge on any atom is 0.408 e. The molecular weight excluding hydrogens is 334 g/mol. The number of hydrogen-bond acceptors (Lipinski definition) is 5. The number of nitrogens with one attached hydrogen (secondary N) is 1. The molecule has 1 atom stereocenters. The van der Waals surface area contributed by atoms with Gasteiger partial charge in [0.25, 0.3) is 0 Å². The highest BCUT2D eigenvalue weighted by atomic mass is 32.2. The van der Waals surface area contributed by atoms with Crippen LogP contribution in [0.25, 0.3) is 0 Å². The number of amides is 1. The van der Waals surface area contributed by atoms with E-state index < -0.39 is 33.5 Å². The Morgan fingerprint density at radius 2 is 1.92 bits per heavy atom. The van der Waals surface area contributed by atoms with Crippen molar-refractivity contribution in [3.63, 3.8) is 0 Å². The van der Waals surface area contributed by atoms with Crippen LogP contribution in [0, 0.1) is 6.92 Å². The molecule has 0 radical (unpaired) electrons. The van der Waals surface area contributed by atoms with Gasteiger partial charge in [-0.3, -0.25) is 0 Å². The number of aryl methyl sites for hydroxylation is 1. The molecule has 7 nitrogen and oxygen atoms in total. The molecule has 0 bridgehead atoms. The van der Waals surface area contributed by atoms with Crippen LogP contribution in [-0.2, 0) is 14.6 Å². The van der Waals surface area contributed by atoms with E-state index in [1.165, 1.54) is 12.1 Å². The maximum atomic E-state index is 12.3. The Hall–Kier alpha value is -2.09. The number of benzene rings is 1. The smallest absolute Gasteiger partial charge is 0.408 e. The van der Waals surface area contributed by atoms with Crippen LogP contribution in [0.5, 0.6) is 0 Å². The van der Waals surface area contributed by atoms with Crippen molar-refractivity contribution >= 4 is 21.9 Å². The van der Waals surface area contributed by atoms with Crippen LogP contribution in [-0.4, -0.2) is 36.9 Å². The predicted octanol–water partition coefficient (Wildman–Crippen LogP) is 2.44. The summed E-state index contributed by atoms with van der Waals surface area (Å²) in [5.41, 5.74) is 0.107. The van der Waals surface area contributed by atoms with Crippen LogP contribution in [0.2, 0.25) is 0 Å². The summed E-state index contributed by atoms with van der Waals surface area (Å²) in [6, 6.07) is 2.14. The number of carbonyl (C=O) groups is 2. The fourth-order valence-electron chi connectivity index (χ4n) is 2.62. The number of alkyl carbamates (subject to hydrolysis) is 1. The van der Waals surface area contributed by atoms with Crippen LogP contribution in [0.3, 0.4) is 0 Å². The van der Waals surface area contributed by atoms with Crippen molar-refractivity contribution in [1.29, 1.82) is 0 Å². The summed E-state index contributed by atoms with van der Waals surface area (Å²) in [5, 5.41) is 11.9. The molecule has 1 aliphatic heterocycles. The summed E-state index contributed by atoms with van der Waals surface area (Å²) >= 11 is 0. The molecule has 1 aliphatic rings. The lowest BCUT2D eigenvalue weighted by Gasteiger charge is -2.28. The fraction of sp³-hybridized carbons (Fsp3) is 0.500. The van der Waals surface area contributed by atoms with E-state index in [1.54, 1.807) is 27.7 Å². The number of sulfone groups is 1. The topological polar surface area (TPSA) is 110 Å². The summed E-state index contributed by atoms with van der Waals surface area (Å²) in [6.45, 7) is 6.79. The first kappa shape index (κ1) is 18.3. The minimum Gasteiger partial charge on any atom is -0.478 e. The van der Waals surface area contributed by atoms with Crippen LogP contribution in [0.1, 0.15) is 54.7 Å². The first-order chi connectivity index (χ1) is 10.9. The molecule has 0 aromatic heterocycles. The predicted molar refractivity (Wildman–Crippen MR) is 86.9 cm³/mol. The first-order valence-corrected chi connectivity index (χ1v) is 9.16. The number of aromatic carboxylic acids is 1. The second-order valence-electron chi connectivity index (χ2n) is 6.82. The lowest BCUT2D eigenvalue weighted by Crippen LogP contribution is -2.38. The van der Waals surface area contributed by atoms with E-state index in [0.717, 1.165) is 0 Å². The lowest BCUT2D eigenvalue weighted by molar-refractivity contribution is 0.0500. The maximum absolute atomic E-state index is 12.3. The van der Waals surface area contributed by atoms with Gasteiger partial charge >= 0.3 is 12.1 Å². The van der Waals surface area contributed by atoms with E-state index in [9.17, 15) is 23.1 Å². The molecule has 8 heteroatoms. The molecule has 24 heavy (non-hydrogen) atoms. The van der Waals surface area contributed by atoms with Crippen molar-refractivity contribution in [3.05, 3.63) is 28.8 Å². The zero-order valence-corrected chi connectivity index (χ0v) is 14.9. The van der Waals surface area contributed by atoms with E-state index in [-0.39, 0.29) is 22.6 Å². The molecule has 1 aromatic carbocycles. The van der Waals surface area contributed by atoms with Gasteiger partial charge in [0.15, 0.2) is 9.84 Å². The first-order valence-electron chi connectivity index (χ1n) is 7.51. The average Bonchev–Trinajstić information content (AvgIpc) is 2.39. The van der Waals surface area contributed by atoms with E-state index in [4.69, 9.17) is 4.74 Å². The zero-order chi connectivity index (χ0) is 18.3. The van der Waals surface area contributed by atoms with Crippen molar-refractivity contribution in [2.45, 2.75) is 50.7 Å². The molecule has 2 rings (SSSR count). The summed E-state index contributed by atoms with van der Waals surface area (Å²) < 4.78 is 29.8. The average molecular weight is 355 g/mol. The van der Waals surface area contributed by atoms with Crippen molar-refractivity contribution in [3.8, 4) is 0 Å². The van der Waals surface area contributed by atoms with Crippen LogP contribution < -0.4 is 5.32 Å². The van der Waals surface area contributed by atoms with Gasteiger partial charge in [-0.05, 0) is 51.3 Å². The van der Waals surface area contributed by atoms with Crippen molar-refractivity contribution < 1.29 is 27.9 Å². The Morgan fingerprint density at radius 3 is 2.46 bits per heavy atom. The van der Waals surface area contributed by atoms with Gasteiger partial charge in [-0.25, -0.2) is 18.0 Å². The van der Waals surface area contributed by atoms with Crippen LogP contribution >= 0.6 is 0 Å². The molecular formula is C16H21NO6S. The molecule has 1 amide bonds. The number of rotatable bonds is 2. The van der Waals surface area contributed by atoms with Crippen molar-refractivity contribution in [2.75, 3.05) is 5.75 Å². The lowest BCUT2D eigenvalue weighted by atomic mass is 9.98. The fourth-order valence-corrected chi connectivity index (χ4v) is 4.24. The third-order valence-corrected chi connectivity index (χ3v) is 5.46. The van der Waals surface area contributed by atoms with Crippen LogP contribution in [0.4, 0.5) is 4.79 Å². The molecule has 0 aliphatic carbocycles. The Balaban J connectivity index is 2.42. The van der Waals surface area contributed by atoms with Crippen molar-refractivity contribution in [2.24, 2.45) is 0 Å². The number of ether oxygens (including phenoxy) is 1. The van der Waals surface area contributed by atoms with E-state index >= 15 is 0 Å². The third-order valence-electron chi connectivity index (χ3n) is 3.66. The number of hydrogen-bond donors (Lipinski definition) is 2. The second kappa shape index (κ2) is 6.08. The Morgan fingerprint density at radius 1 is 1.29 bits per heavy atom. The normalized spacial score (nSPS) is 19.2. The molecule has 2 N–H and O–H groups in total. The molecule has 1 unspecified atom stereocenters. The Kier molecular flexibility index (Phi) is 4.63. The number of fused-ring (bicyclic) bond motifs is 1. The Bertz CT molecular complexity index is 792. The number of carbonyl (C=O) groups excluding carboxylic acids is 1. The minimum absolute atomic E-state index is 0.0437. The monoisotopic (exact) mass is 355 g/mol. The van der Waals surface area contributed by atoms with Crippen molar-refractivity contribution in [1.82, 2.24) is 5.32 Å². The Labute approximate surface area is 140 Å². The zero-order valence-electron chi connectivity index (χ0n) is 14.0. The van der Waals surface area contributed by atoms with Crippen LogP contribution in [0.15, 0.2) is 17.0 Å². The molecule has 1 aromatic rings. The molecule has 0 spiro atoms. The number of carboxylic acid groups (broad SMARTS) is 1. The largest absolute Gasteiger partial charge is 0.478 e. The minimum atomic E-state index is -3.57. The standard InChI is InChI=1S/C16H21NO6S/c1-9-7-11-12(17-15(20)23-16(2,3)4)5-6-24(21,22)13(11)8-10(9)14(18)19/h7-8,12H,5-6H2,1-4H3,(H,17,20)(H,18,19). The van der Waals surface area contributed by atoms with Gasteiger partial charge in [0, 0.05) is 0 Å². The summed E-state index contributed by atoms with van der Waals surface area (Å²) in [4.78, 5) is 23.2. The third kappa shape index (κ3) is 3.87.